The molecule has 0 fully saturated rings. The van der Waals surface area contributed by atoms with E-state index in [1.165, 1.54) is 6.07 Å². The maximum absolute atomic E-state index is 11.2. The second-order valence-electron chi connectivity index (χ2n) is 3.28. The molecule has 1 unspecified atom stereocenters. The molecule has 0 bridgehead atoms. The van der Waals surface area contributed by atoms with Gasteiger partial charge < -0.3 is 5.32 Å². The van der Waals surface area contributed by atoms with Gasteiger partial charge in [0.2, 0.25) is 0 Å². The molecule has 1 atom stereocenters. The highest BCUT2D eigenvalue weighted by molar-refractivity contribution is 7.84. The van der Waals surface area contributed by atoms with Crippen molar-refractivity contribution in [3.63, 3.8) is 0 Å². The van der Waals surface area contributed by atoms with E-state index in [1.54, 1.807) is 12.1 Å². The maximum Gasteiger partial charge on any atom is 0.293 e. The number of hydrogen-bond acceptors (Lipinski definition) is 4. The van der Waals surface area contributed by atoms with E-state index in [0.717, 1.165) is 0 Å². The molecule has 0 aliphatic rings. The van der Waals surface area contributed by atoms with Crippen molar-refractivity contribution in [2.24, 2.45) is 0 Å². The molecule has 94 valence electrons. The fraction of sp³-hybridized carbons (Fsp3) is 0.400. The summed E-state index contributed by atoms with van der Waals surface area (Å²) in [5, 5.41) is 14.0. The van der Waals surface area contributed by atoms with Crippen LogP contribution in [0.25, 0.3) is 0 Å². The largest absolute Gasteiger partial charge is 0.379 e. The van der Waals surface area contributed by atoms with Crippen LogP contribution in [0.1, 0.15) is 6.92 Å². The third kappa shape index (κ3) is 4.32. The molecule has 1 rings (SSSR count). The first-order valence-corrected chi connectivity index (χ1v) is 6.94. The molecular weight excluding hydrogens is 264 g/mol. The monoisotopic (exact) mass is 276 g/mol. The van der Waals surface area contributed by atoms with Crippen LogP contribution in [0.15, 0.2) is 18.2 Å². The van der Waals surface area contributed by atoms with Crippen molar-refractivity contribution in [1.82, 2.24) is 0 Å². The summed E-state index contributed by atoms with van der Waals surface area (Å²) < 4.78 is 11.2. The Balaban J connectivity index is 2.70. The standard InChI is InChI=1S/C10H13ClN2O3S/c1-2-17(16)6-5-12-9-4-3-8(11)7-10(9)13(14)15/h3-4,7,12H,2,5-6H2,1H3. The lowest BCUT2D eigenvalue weighted by molar-refractivity contribution is -0.383. The van der Waals surface area contributed by atoms with Crippen LogP contribution in [0.2, 0.25) is 5.02 Å². The molecule has 0 radical (unpaired) electrons. The van der Waals surface area contributed by atoms with Gasteiger partial charge in [-0.05, 0) is 12.1 Å². The van der Waals surface area contributed by atoms with E-state index >= 15 is 0 Å². The van der Waals surface area contributed by atoms with Crippen LogP contribution < -0.4 is 5.32 Å². The van der Waals surface area contributed by atoms with Crippen LogP contribution in [0.4, 0.5) is 11.4 Å². The maximum atomic E-state index is 11.2. The van der Waals surface area contributed by atoms with Gasteiger partial charge in [0.05, 0.1) is 4.92 Å². The predicted octanol–water partition coefficient (Wildman–Crippen LogP) is 2.43. The van der Waals surface area contributed by atoms with Crippen molar-refractivity contribution >= 4 is 33.8 Å². The van der Waals surface area contributed by atoms with E-state index in [-0.39, 0.29) is 5.69 Å². The van der Waals surface area contributed by atoms with Crippen molar-refractivity contribution < 1.29 is 9.13 Å². The normalized spacial score (nSPS) is 12.1. The Bertz CT molecular complexity index is 440. The summed E-state index contributed by atoms with van der Waals surface area (Å²) in [5.74, 6) is 1.06. The van der Waals surface area contributed by atoms with Crippen LogP contribution in [-0.2, 0) is 10.8 Å². The predicted molar refractivity (Wildman–Crippen MR) is 70.1 cm³/mol. The van der Waals surface area contributed by atoms with Crippen molar-refractivity contribution in [3.8, 4) is 0 Å². The van der Waals surface area contributed by atoms with Gasteiger partial charge in [0, 0.05) is 39.9 Å². The number of halogens is 1. The molecule has 1 aromatic rings. The third-order valence-electron chi connectivity index (χ3n) is 2.12. The number of hydrogen-bond donors (Lipinski definition) is 1. The fourth-order valence-electron chi connectivity index (χ4n) is 1.25. The zero-order valence-electron chi connectivity index (χ0n) is 9.31. The Hall–Kier alpha value is -1.14. The van der Waals surface area contributed by atoms with Gasteiger partial charge in [0.25, 0.3) is 5.69 Å². The molecule has 0 amide bonds. The van der Waals surface area contributed by atoms with E-state index < -0.39 is 15.7 Å². The van der Waals surface area contributed by atoms with Crippen LogP contribution in [-0.4, -0.2) is 27.2 Å². The van der Waals surface area contributed by atoms with Gasteiger partial charge in [0.1, 0.15) is 5.69 Å². The Morgan fingerprint density at radius 1 is 1.53 bits per heavy atom. The number of nitro benzene ring substituents is 1. The summed E-state index contributed by atoms with van der Waals surface area (Å²) in [6.07, 6.45) is 0. The van der Waals surface area contributed by atoms with E-state index in [2.05, 4.69) is 5.32 Å². The second kappa shape index (κ2) is 6.56. The number of rotatable bonds is 6. The SMILES string of the molecule is CCS(=O)CCNc1ccc(Cl)cc1[N+](=O)[O-]. The van der Waals surface area contributed by atoms with Crippen molar-refractivity contribution in [3.05, 3.63) is 33.3 Å². The molecule has 0 spiro atoms. The first-order chi connectivity index (χ1) is 8.04. The van der Waals surface area contributed by atoms with Crippen LogP contribution >= 0.6 is 11.6 Å². The second-order valence-corrected chi connectivity index (χ2v) is 5.58. The lowest BCUT2D eigenvalue weighted by Gasteiger charge is -2.06. The van der Waals surface area contributed by atoms with Gasteiger partial charge in [-0.1, -0.05) is 18.5 Å². The Morgan fingerprint density at radius 2 is 2.24 bits per heavy atom. The number of nitrogens with zero attached hydrogens (tertiary/aromatic N) is 1. The van der Waals surface area contributed by atoms with Gasteiger partial charge in [-0.15, -0.1) is 0 Å². The third-order valence-corrected chi connectivity index (χ3v) is 3.66. The van der Waals surface area contributed by atoms with E-state index in [9.17, 15) is 14.3 Å². The smallest absolute Gasteiger partial charge is 0.293 e. The summed E-state index contributed by atoms with van der Waals surface area (Å²) in [6, 6.07) is 4.42. The van der Waals surface area contributed by atoms with Gasteiger partial charge >= 0.3 is 0 Å². The van der Waals surface area contributed by atoms with E-state index in [4.69, 9.17) is 11.6 Å². The Morgan fingerprint density at radius 3 is 2.82 bits per heavy atom. The zero-order valence-corrected chi connectivity index (χ0v) is 10.9. The minimum absolute atomic E-state index is 0.0696. The quantitative estimate of drug-likeness (QED) is 0.640. The van der Waals surface area contributed by atoms with Crippen molar-refractivity contribution in [1.29, 1.82) is 0 Å². The van der Waals surface area contributed by atoms with E-state index in [0.29, 0.717) is 28.8 Å². The molecule has 1 aromatic carbocycles. The number of nitrogens with one attached hydrogen (secondary N) is 1. The fourth-order valence-corrected chi connectivity index (χ4v) is 2.03. The highest BCUT2D eigenvalue weighted by atomic mass is 35.5. The van der Waals surface area contributed by atoms with Gasteiger partial charge in [-0.25, -0.2) is 0 Å². The summed E-state index contributed by atoms with van der Waals surface area (Å²) in [4.78, 5) is 10.3. The summed E-state index contributed by atoms with van der Waals surface area (Å²) >= 11 is 5.69. The zero-order chi connectivity index (χ0) is 12.8. The van der Waals surface area contributed by atoms with Gasteiger partial charge in [-0.2, -0.15) is 0 Å². The lowest BCUT2D eigenvalue weighted by atomic mass is 10.2. The summed E-state index contributed by atoms with van der Waals surface area (Å²) in [7, 11) is -0.881. The van der Waals surface area contributed by atoms with Gasteiger partial charge in [0.15, 0.2) is 0 Å². The first-order valence-electron chi connectivity index (χ1n) is 5.07. The summed E-state index contributed by atoms with van der Waals surface area (Å²) in [6.45, 7) is 2.27. The molecule has 0 heterocycles. The number of benzene rings is 1. The number of nitro groups is 1. The highest BCUT2D eigenvalue weighted by Gasteiger charge is 2.13. The highest BCUT2D eigenvalue weighted by Crippen LogP contribution is 2.27. The van der Waals surface area contributed by atoms with Gasteiger partial charge in [-0.3, -0.25) is 14.3 Å². The topological polar surface area (TPSA) is 72.2 Å². The molecule has 0 saturated carbocycles. The summed E-state index contributed by atoms with van der Waals surface area (Å²) in [5.41, 5.74) is 0.326. The lowest BCUT2D eigenvalue weighted by Crippen LogP contribution is -2.12. The molecule has 5 nitrogen and oxygen atoms in total. The molecule has 0 saturated heterocycles. The minimum atomic E-state index is -0.881. The molecule has 7 heteroatoms. The van der Waals surface area contributed by atoms with E-state index in [1.807, 2.05) is 6.92 Å². The average molecular weight is 277 g/mol. The molecule has 0 aliphatic carbocycles. The molecule has 17 heavy (non-hydrogen) atoms. The average Bonchev–Trinajstić information content (AvgIpc) is 2.30. The molecule has 0 aliphatic heterocycles. The van der Waals surface area contributed by atoms with Crippen molar-refractivity contribution in [2.75, 3.05) is 23.4 Å². The Labute approximate surface area is 107 Å². The minimum Gasteiger partial charge on any atom is -0.379 e. The van der Waals surface area contributed by atoms with Crippen LogP contribution in [0, 0.1) is 10.1 Å². The first kappa shape index (κ1) is 13.9. The molecule has 0 aromatic heterocycles. The van der Waals surface area contributed by atoms with Crippen molar-refractivity contribution in [2.45, 2.75) is 6.92 Å². The van der Waals surface area contributed by atoms with Crippen LogP contribution in [0.5, 0.6) is 0 Å². The molecule has 1 N–H and O–H groups in total. The van der Waals surface area contributed by atoms with Crippen LogP contribution in [0.3, 0.4) is 0 Å². The Kier molecular flexibility index (Phi) is 5.37. The number of anilines is 1. The molecular formula is C10H13ClN2O3S.